The zero-order valence-corrected chi connectivity index (χ0v) is 12.2. The summed E-state index contributed by atoms with van der Waals surface area (Å²) in [5.41, 5.74) is 3.94. The Morgan fingerprint density at radius 3 is 2.50 bits per heavy atom. The van der Waals surface area contributed by atoms with Crippen LogP contribution in [0.2, 0.25) is 0 Å². The van der Waals surface area contributed by atoms with Gasteiger partial charge < -0.3 is 0 Å². The lowest BCUT2D eigenvalue weighted by atomic mass is 10.0. The van der Waals surface area contributed by atoms with Crippen LogP contribution in [0.1, 0.15) is 25.5 Å². The number of hydrogen-bond donors (Lipinski definition) is 2. The first-order valence-electron chi connectivity index (χ1n) is 6.10. The second kappa shape index (κ2) is 6.28. The van der Waals surface area contributed by atoms with Crippen LogP contribution < -0.4 is 11.3 Å². The van der Waals surface area contributed by atoms with Gasteiger partial charge in [0.05, 0.1) is 6.04 Å². The molecule has 2 rings (SSSR count). The van der Waals surface area contributed by atoms with Crippen molar-refractivity contribution in [3.63, 3.8) is 0 Å². The molecule has 2 nitrogen and oxygen atoms in total. The summed E-state index contributed by atoms with van der Waals surface area (Å²) in [6.07, 6.45) is 0. The monoisotopic (exact) mass is 286 g/mol. The van der Waals surface area contributed by atoms with Crippen LogP contribution in [0.15, 0.2) is 24.3 Å². The van der Waals surface area contributed by atoms with Crippen LogP contribution in [0.3, 0.4) is 0 Å². The molecule has 0 amide bonds. The number of nitrogens with two attached hydrogens (primary N) is 1. The zero-order valence-electron chi connectivity index (χ0n) is 10.6. The lowest BCUT2D eigenvalue weighted by Gasteiger charge is -2.35. The molecule has 0 radical (unpaired) electrons. The van der Waals surface area contributed by atoms with Gasteiger partial charge in [-0.05, 0) is 17.7 Å². The Kier molecular flexibility index (Phi) is 4.95. The SMILES string of the molecule is CC1SCC(C(NN)c2ccc(F)cc2)SC1C. The minimum Gasteiger partial charge on any atom is -0.271 e. The van der Waals surface area contributed by atoms with Crippen LogP contribution in [0.5, 0.6) is 0 Å². The number of nitrogens with one attached hydrogen (secondary N) is 1. The Morgan fingerprint density at radius 2 is 1.94 bits per heavy atom. The molecule has 4 atom stereocenters. The fourth-order valence-corrected chi connectivity index (χ4v) is 5.17. The summed E-state index contributed by atoms with van der Waals surface area (Å²) < 4.78 is 12.9. The number of thioether (sulfide) groups is 2. The Bertz CT molecular complexity index is 385. The average Bonchev–Trinajstić information content (AvgIpc) is 2.37. The normalized spacial score (nSPS) is 30.1. The van der Waals surface area contributed by atoms with Crippen molar-refractivity contribution in [2.75, 3.05) is 5.75 Å². The highest BCUT2D eigenvalue weighted by molar-refractivity contribution is 8.07. The van der Waals surface area contributed by atoms with E-state index >= 15 is 0 Å². The van der Waals surface area contributed by atoms with Crippen molar-refractivity contribution in [2.45, 2.75) is 35.6 Å². The van der Waals surface area contributed by atoms with Gasteiger partial charge in [-0.1, -0.05) is 26.0 Å². The van der Waals surface area contributed by atoms with Gasteiger partial charge in [0.25, 0.3) is 0 Å². The van der Waals surface area contributed by atoms with E-state index in [1.54, 1.807) is 0 Å². The maximum atomic E-state index is 12.9. The quantitative estimate of drug-likeness (QED) is 0.662. The van der Waals surface area contributed by atoms with Gasteiger partial charge >= 0.3 is 0 Å². The molecule has 1 aromatic rings. The molecule has 1 fully saturated rings. The minimum absolute atomic E-state index is 0.0815. The largest absolute Gasteiger partial charge is 0.271 e. The van der Waals surface area contributed by atoms with E-state index in [1.807, 2.05) is 35.7 Å². The summed E-state index contributed by atoms with van der Waals surface area (Å²) in [4.78, 5) is 0. The third-order valence-corrected chi connectivity index (χ3v) is 6.85. The van der Waals surface area contributed by atoms with Crippen molar-refractivity contribution >= 4 is 23.5 Å². The predicted molar refractivity (Wildman–Crippen MR) is 79.2 cm³/mol. The smallest absolute Gasteiger partial charge is 0.123 e. The number of rotatable bonds is 3. The third-order valence-electron chi connectivity index (χ3n) is 3.35. The van der Waals surface area contributed by atoms with Crippen LogP contribution in [0.4, 0.5) is 4.39 Å². The maximum Gasteiger partial charge on any atom is 0.123 e. The van der Waals surface area contributed by atoms with Gasteiger partial charge in [0.1, 0.15) is 5.82 Å². The standard InChI is InChI=1S/C13H19FN2S2/c1-8-9(2)18-12(7-17-8)13(16-15)10-3-5-11(14)6-4-10/h3-6,8-9,12-13,16H,7,15H2,1-2H3. The van der Waals surface area contributed by atoms with E-state index in [2.05, 4.69) is 19.3 Å². The third kappa shape index (κ3) is 3.20. The molecule has 0 saturated carbocycles. The molecule has 1 aromatic carbocycles. The van der Waals surface area contributed by atoms with Crippen LogP contribution in [0, 0.1) is 5.82 Å². The second-order valence-corrected chi connectivity index (χ2v) is 7.65. The van der Waals surface area contributed by atoms with E-state index in [4.69, 9.17) is 5.84 Å². The fraction of sp³-hybridized carbons (Fsp3) is 0.538. The first kappa shape index (κ1) is 14.2. The predicted octanol–water partition coefficient (Wildman–Crippen LogP) is 2.96. The first-order valence-corrected chi connectivity index (χ1v) is 8.09. The van der Waals surface area contributed by atoms with E-state index in [0.29, 0.717) is 15.7 Å². The Balaban J connectivity index is 2.11. The van der Waals surface area contributed by atoms with E-state index in [9.17, 15) is 4.39 Å². The number of halogens is 1. The van der Waals surface area contributed by atoms with Crippen LogP contribution in [-0.2, 0) is 0 Å². The summed E-state index contributed by atoms with van der Waals surface area (Å²) >= 11 is 3.95. The molecule has 1 aliphatic rings. The number of benzene rings is 1. The molecule has 100 valence electrons. The van der Waals surface area contributed by atoms with E-state index in [-0.39, 0.29) is 11.9 Å². The molecule has 1 saturated heterocycles. The molecule has 0 aromatic heterocycles. The Labute approximate surface area is 116 Å². The van der Waals surface area contributed by atoms with Crippen molar-refractivity contribution in [2.24, 2.45) is 5.84 Å². The second-order valence-electron chi connectivity index (χ2n) is 4.61. The van der Waals surface area contributed by atoms with Crippen LogP contribution in [0.25, 0.3) is 0 Å². The van der Waals surface area contributed by atoms with Gasteiger partial charge in [0.15, 0.2) is 0 Å². The molecule has 1 aliphatic heterocycles. The summed E-state index contributed by atoms with van der Waals surface area (Å²) in [5, 5.41) is 1.72. The summed E-state index contributed by atoms with van der Waals surface area (Å²) in [7, 11) is 0. The van der Waals surface area contributed by atoms with Gasteiger partial charge in [-0.3, -0.25) is 11.3 Å². The Morgan fingerprint density at radius 1 is 1.28 bits per heavy atom. The average molecular weight is 286 g/mol. The van der Waals surface area contributed by atoms with Gasteiger partial charge in [-0.15, -0.1) is 0 Å². The van der Waals surface area contributed by atoms with E-state index < -0.39 is 0 Å². The van der Waals surface area contributed by atoms with Crippen molar-refractivity contribution in [3.8, 4) is 0 Å². The molecule has 18 heavy (non-hydrogen) atoms. The Hall–Kier alpha value is -0.230. The molecule has 5 heteroatoms. The molecule has 0 aliphatic carbocycles. The minimum atomic E-state index is -0.206. The highest BCUT2D eigenvalue weighted by Crippen LogP contribution is 2.40. The highest BCUT2D eigenvalue weighted by Gasteiger charge is 2.31. The molecule has 4 unspecified atom stereocenters. The lowest BCUT2D eigenvalue weighted by molar-refractivity contribution is 0.547. The summed E-state index contributed by atoms with van der Waals surface area (Å²) in [5.74, 6) is 6.55. The van der Waals surface area contributed by atoms with Crippen LogP contribution >= 0.6 is 23.5 Å². The van der Waals surface area contributed by atoms with Gasteiger partial charge in [0, 0.05) is 21.5 Å². The van der Waals surface area contributed by atoms with E-state index in [0.717, 1.165) is 11.3 Å². The molecule has 3 N–H and O–H groups in total. The first-order chi connectivity index (χ1) is 8.61. The number of hydrogen-bond acceptors (Lipinski definition) is 4. The zero-order chi connectivity index (χ0) is 13.1. The summed E-state index contributed by atoms with van der Waals surface area (Å²) in [6.45, 7) is 4.52. The highest BCUT2D eigenvalue weighted by atomic mass is 32.2. The fourth-order valence-electron chi connectivity index (χ4n) is 2.07. The molecular formula is C13H19FN2S2. The van der Waals surface area contributed by atoms with Crippen molar-refractivity contribution in [1.82, 2.24) is 5.43 Å². The van der Waals surface area contributed by atoms with Gasteiger partial charge in [-0.2, -0.15) is 23.5 Å². The molecule has 1 heterocycles. The molecular weight excluding hydrogens is 267 g/mol. The molecule has 0 spiro atoms. The van der Waals surface area contributed by atoms with Crippen molar-refractivity contribution in [1.29, 1.82) is 0 Å². The van der Waals surface area contributed by atoms with Crippen LogP contribution in [-0.4, -0.2) is 21.5 Å². The summed E-state index contributed by atoms with van der Waals surface area (Å²) in [6, 6.07) is 6.69. The topological polar surface area (TPSA) is 38.0 Å². The van der Waals surface area contributed by atoms with Gasteiger partial charge in [-0.25, -0.2) is 4.39 Å². The lowest BCUT2D eigenvalue weighted by Crippen LogP contribution is -2.40. The van der Waals surface area contributed by atoms with Crippen molar-refractivity contribution in [3.05, 3.63) is 35.6 Å². The number of hydrazine groups is 1. The van der Waals surface area contributed by atoms with Crippen molar-refractivity contribution < 1.29 is 4.39 Å². The van der Waals surface area contributed by atoms with Gasteiger partial charge in [0.2, 0.25) is 0 Å². The van der Waals surface area contributed by atoms with E-state index in [1.165, 1.54) is 12.1 Å². The maximum absolute atomic E-state index is 12.9. The molecule has 0 bridgehead atoms.